The SMILES string of the molecule is C[C@@H](Oc1ccc(C#N)cc1)C(=O)c1ccc(OC(F)F)cc1. The Morgan fingerprint density at radius 3 is 2.04 bits per heavy atom. The van der Waals surface area contributed by atoms with Crippen LogP contribution >= 0.6 is 0 Å². The molecule has 118 valence electrons. The van der Waals surface area contributed by atoms with Crippen LogP contribution in [0.4, 0.5) is 8.78 Å². The molecule has 0 aliphatic heterocycles. The van der Waals surface area contributed by atoms with E-state index in [2.05, 4.69) is 4.74 Å². The summed E-state index contributed by atoms with van der Waals surface area (Å²) in [5.41, 5.74) is 0.818. The first-order chi connectivity index (χ1) is 11.0. The van der Waals surface area contributed by atoms with Crippen molar-refractivity contribution in [3.8, 4) is 17.6 Å². The minimum absolute atomic E-state index is 0.0165. The van der Waals surface area contributed by atoms with Gasteiger partial charge in [0, 0.05) is 5.56 Å². The molecular formula is C17H13F2NO3. The molecule has 0 N–H and O–H groups in total. The van der Waals surface area contributed by atoms with Gasteiger partial charge in [0.2, 0.25) is 5.78 Å². The first-order valence-electron chi connectivity index (χ1n) is 6.75. The van der Waals surface area contributed by atoms with Crippen molar-refractivity contribution in [3.05, 3.63) is 59.7 Å². The molecule has 0 aliphatic rings. The fourth-order valence-corrected chi connectivity index (χ4v) is 1.90. The summed E-state index contributed by atoms with van der Waals surface area (Å²) in [5.74, 6) is 0.151. The number of nitrogens with zero attached hydrogens (tertiary/aromatic N) is 1. The molecule has 2 aromatic carbocycles. The van der Waals surface area contributed by atoms with Gasteiger partial charge in [0.1, 0.15) is 11.5 Å². The highest BCUT2D eigenvalue weighted by Gasteiger charge is 2.17. The Hall–Kier alpha value is -2.94. The van der Waals surface area contributed by atoms with Crippen molar-refractivity contribution in [1.29, 1.82) is 5.26 Å². The van der Waals surface area contributed by atoms with Gasteiger partial charge in [-0.05, 0) is 55.5 Å². The number of ether oxygens (including phenoxy) is 2. The van der Waals surface area contributed by atoms with Crippen molar-refractivity contribution < 1.29 is 23.0 Å². The molecule has 0 saturated carbocycles. The van der Waals surface area contributed by atoms with E-state index < -0.39 is 12.7 Å². The minimum atomic E-state index is -2.91. The molecule has 4 nitrogen and oxygen atoms in total. The maximum absolute atomic E-state index is 12.2. The number of ketones is 1. The number of Topliss-reactive ketones (excluding diaryl/α,β-unsaturated/α-hetero) is 1. The van der Waals surface area contributed by atoms with E-state index in [1.54, 1.807) is 31.2 Å². The van der Waals surface area contributed by atoms with Gasteiger partial charge in [0.25, 0.3) is 0 Å². The van der Waals surface area contributed by atoms with E-state index in [1.165, 1.54) is 24.3 Å². The monoisotopic (exact) mass is 317 g/mol. The van der Waals surface area contributed by atoms with Crippen molar-refractivity contribution in [2.24, 2.45) is 0 Å². The van der Waals surface area contributed by atoms with E-state index in [9.17, 15) is 13.6 Å². The van der Waals surface area contributed by atoms with E-state index in [1.807, 2.05) is 6.07 Å². The van der Waals surface area contributed by atoms with E-state index in [4.69, 9.17) is 10.00 Å². The number of nitriles is 1. The van der Waals surface area contributed by atoms with Gasteiger partial charge in [0.15, 0.2) is 6.10 Å². The summed E-state index contributed by atoms with van der Waals surface area (Å²) < 4.78 is 33.9. The second-order valence-electron chi connectivity index (χ2n) is 4.66. The molecule has 2 rings (SSSR count). The minimum Gasteiger partial charge on any atom is -0.483 e. The molecular weight excluding hydrogens is 304 g/mol. The summed E-state index contributed by atoms with van der Waals surface area (Å²) in [6.07, 6.45) is -0.759. The number of halogens is 2. The van der Waals surface area contributed by atoms with Crippen LogP contribution in [-0.4, -0.2) is 18.5 Å². The molecule has 0 heterocycles. The van der Waals surface area contributed by atoms with E-state index in [-0.39, 0.29) is 11.5 Å². The second-order valence-corrected chi connectivity index (χ2v) is 4.66. The Balaban J connectivity index is 2.02. The predicted molar refractivity (Wildman–Crippen MR) is 78.7 cm³/mol. The predicted octanol–water partition coefficient (Wildman–Crippen LogP) is 3.81. The molecule has 1 atom stereocenters. The van der Waals surface area contributed by atoms with Gasteiger partial charge < -0.3 is 9.47 Å². The van der Waals surface area contributed by atoms with Crippen LogP contribution in [0, 0.1) is 11.3 Å². The van der Waals surface area contributed by atoms with Crippen LogP contribution in [0.5, 0.6) is 11.5 Å². The summed E-state index contributed by atoms with van der Waals surface area (Å²) in [4.78, 5) is 12.2. The van der Waals surface area contributed by atoms with Gasteiger partial charge >= 0.3 is 6.61 Å². The van der Waals surface area contributed by atoms with Gasteiger partial charge in [-0.2, -0.15) is 14.0 Å². The average molecular weight is 317 g/mol. The lowest BCUT2D eigenvalue weighted by molar-refractivity contribution is -0.0498. The van der Waals surface area contributed by atoms with Gasteiger partial charge in [0.05, 0.1) is 11.6 Å². The third kappa shape index (κ3) is 4.51. The normalized spacial score (nSPS) is 11.6. The molecule has 0 bridgehead atoms. The van der Waals surface area contributed by atoms with Crippen LogP contribution < -0.4 is 9.47 Å². The van der Waals surface area contributed by atoms with Crippen molar-refractivity contribution in [1.82, 2.24) is 0 Å². The van der Waals surface area contributed by atoms with Crippen LogP contribution in [0.15, 0.2) is 48.5 Å². The highest BCUT2D eigenvalue weighted by molar-refractivity contribution is 5.99. The Morgan fingerprint density at radius 2 is 1.52 bits per heavy atom. The molecule has 0 fully saturated rings. The Bertz CT molecular complexity index is 706. The second kappa shape index (κ2) is 7.36. The molecule has 0 saturated heterocycles. The zero-order chi connectivity index (χ0) is 16.8. The topological polar surface area (TPSA) is 59.3 Å². The number of hydrogen-bond donors (Lipinski definition) is 0. The van der Waals surface area contributed by atoms with E-state index >= 15 is 0 Å². The lowest BCUT2D eigenvalue weighted by Crippen LogP contribution is -2.23. The first kappa shape index (κ1) is 16.4. The smallest absolute Gasteiger partial charge is 0.387 e. The van der Waals surface area contributed by atoms with Crippen LogP contribution in [0.2, 0.25) is 0 Å². The van der Waals surface area contributed by atoms with Crippen molar-refractivity contribution >= 4 is 5.78 Å². The molecule has 0 spiro atoms. The first-order valence-corrected chi connectivity index (χ1v) is 6.75. The van der Waals surface area contributed by atoms with E-state index in [0.717, 1.165) is 0 Å². The summed E-state index contributed by atoms with van der Waals surface area (Å²) >= 11 is 0. The molecule has 0 amide bonds. The van der Waals surface area contributed by atoms with E-state index in [0.29, 0.717) is 16.9 Å². The quantitative estimate of drug-likeness (QED) is 0.760. The Morgan fingerprint density at radius 1 is 1.00 bits per heavy atom. The van der Waals surface area contributed by atoms with Crippen molar-refractivity contribution in [2.75, 3.05) is 0 Å². The summed E-state index contributed by atoms with van der Waals surface area (Å²) in [5, 5.41) is 8.72. The standard InChI is InChI=1S/C17H13F2NO3/c1-11(22-14-6-2-12(10-20)3-7-14)16(21)13-4-8-15(9-5-13)23-17(18)19/h2-9,11,17H,1H3/t11-/m1/s1. The maximum atomic E-state index is 12.2. The number of benzene rings is 2. The Labute approximate surface area is 131 Å². The number of alkyl halides is 2. The third-order valence-corrected chi connectivity index (χ3v) is 3.03. The fraction of sp³-hybridized carbons (Fsp3) is 0.176. The van der Waals surface area contributed by atoms with Crippen LogP contribution in [0.3, 0.4) is 0 Å². The van der Waals surface area contributed by atoms with Gasteiger partial charge in [-0.25, -0.2) is 0 Å². The Kier molecular flexibility index (Phi) is 5.26. The number of hydrogen-bond acceptors (Lipinski definition) is 4. The number of rotatable bonds is 6. The molecule has 23 heavy (non-hydrogen) atoms. The summed E-state index contributed by atoms with van der Waals surface area (Å²) in [7, 11) is 0. The molecule has 6 heteroatoms. The maximum Gasteiger partial charge on any atom is 0.387 e. The summed E-state index contributed by atoms with van der Waals surface area (Å²) in [6.45, 7) is -1.32. The van der Waals surface area contributed by atoms with Crippen molar-refractivity contribution in [3.63, 3.8) is 0 Å². The highest BCUT2D eigenvalue weighted by Crippen LogP contribution is 2.18. The highest BCUT2D eigenvalue weighted by atomic mass is 19.3. The molecule has 0 aromatic heterocycles. The lowest BCUT2D eigenvalue weighted by atomic mass is 10.1. The van der Waals surface area contributed by atoms with Crippen LogP contribution in [-0.2, 0) is 0 Å². The zero-order valence-corrected chi connectivity index (χ0v) is 12.2. The van der Waals surface area contributed by atoms with Gasteiger partial charge in [-0.3, -0.25) is 4.79 Å². The third-order valence-electron chi connectivity index (χ3n) is 3.03. The number of carbonyl (C=O) groups excluding carboxylic acids is 1. The number of carbonyl (C=O) groups is 1. The van der Waals surface area contributed by atoms with Crippen LogP contribution in [0.1, 0.15) is 22.8 Å². The zero-order valence-electron chi connectivity index (χ0n) is 12.2. The fourth-order valence-electron chi connectivity index (χ4n) is 1.90. The molecule has 0 radical (unpaired) electrons. The summed E-state index contributed by atoms with van der Waals surface area (Å²) in [6, 6.07) is 13.8. The molecule has 2 aromatic rings. The van der Waals surface area contributed by atoms with Gasteiger partial charge in [-0.15, -0.1) is 0 Å². The lowest BCUT2D eigenvalue weighted by Gasteiger charge is -2.14. The molecule has 0 aliphatic carbocycles. The van der Waals surface area contributed by atoms with Gasteiger partial charge in [-0.1, -0.05) is 0 Å². The van der Waals surface area contributed by atoms with Crippen molar-refractivity contribution in [2.45, 2.75) is 19.6 Å². The van der Waals surface area contributed by atoms with Crippen LogP contribution in [0.25, 0.3) is 0 Å². The molecule has 0 unspecified atom stereocenters. The average Bonchev–Trinajstić information content (AvgIpc) is 2.55. The largest absolute Gasteiger partial charge is 0.483 e.